The lowest BCUT2D eigenvalue weighted by Gasteiger charge is -2.16. The van der Waals surface area contributed by atoms with Crippen molar-refractivity contribution in [3.63, 3.8) is 0 Å². The minimum absolute atomic E-state index is 0.00430. The third kappa shape index (κ3) is 3.14. The molecule has 4 nitrogen and oxygen atoms in total. The second-order valence-corrected chi connectivity index (χ2v) is 6.89. The van der Waals surface area contributed by atoms with Crippen molar-refractivity contribution >= 4 is 17.5 Å². The molecule has 0 atom stereocenters. The number of halogens is 1. The molecule has 5 heteroatoms. The monoisotopic (exact) mass is 340 g/mol. The van der Waals surface area contributed by atoms with Crippen molar-refractivity contribution in [2.24, 2.45) is 0 Å². The molecule has 1 aliphatic rings. The minimum Gasteiger partial charge on any atom is -0.352 e. The Morgan fingerprint density at radius 1 is 1.20 bits per heavy atom. The molecule has 3 rings (SSSR count). The number of nitrogens with zero attached hydrogens (tertiary/aromatic N) is 1. The first-order chi connectivity index (χ1) is 11.8. The number of anilines is 1. The molecule has 0 saturated carbocycles. The van der Waals surface area contributed by atoms with Crippen molar-refractivity contribution in [2.45, 2.75) is 32.2 Å². The molecular formula is C20H21FN2O2. The van der Waals surface area contributed by atoms with Crippen LogP contribution in [0.5, 0.6) is 0 Å². The maximum Gasteiger partial charge on any atom is 0.236 e. The number of hydrogen-bond acceptors (Lipinski definition) is 2. The van der Waals surface area contributed by atoms with Gasteiger partial charge in [-0.1, -0.05) is 30.3 Å². The van der Waals surface area contributed by atoms with Crippen molar-refractivity contribution in [3.8, 4) is 0 Å². The molecule has 1 N–H and O–H groups in total. The fourth-order valence-corrected chi connectivity index (χ4v) is 3.21. The highest BCUT2D eigenvalue weighted by atomic mass is 19.1. The highest BCUT2D eigenvalue weighted by molar-refractivity contribution is 6.07. The van der Waals surface area contributed by atoms with E-state index in [1.807, 2.05) is 32.0 Å². The summed E-state index contributed by atoms with van der Waals surface area (Å²) < 4.78 is 13.6. The molecule has 0 radical (unpaired) electrons. The van der Waals surface area contributed by atoms with Gasteiger partial charge in [0.25, 0.3) is 0 Å². The van der Waals surface area contributed by atoms with E-state index in [1.54, 1.807) is 30.1 Å². The van der Waals surface area contributed by atoms with Gasteiger partial charge in [0.05, 0.1) is 11.8 Å². The zero-order valence-corrected chi connectivity index (χ0v) is 14.6. The lowest BCUT2D eigenvalue weighted by Crippen LogP contribution is -2.33. The Kier molecular flexibility index (Phi) is 4.33. The topological polar surface area (TPSA) is 49.4 Å². The van der Waals surface area contributed by atoms with E-state index in [0.29, 0.717) is 12.1 Å². The van der Waals surface area contributed by atoms with Crippen LogP contribution < -0.4 is 10.2 Å². The summed E-state index contributed by atoms with van der Waals surface area (Å²) >= 11 is 0. The molecule has 0 spiro atoms. The van der Waals surface area contributed by atoms with E-state index >= 15 is 0 Å². The Morgan fingerprint density at radius 3 is 2.64 bits per heavy atom. The fourth-order valence-electron chi connectivity index (χ4n) is 3.21. The Morgan fingerprint density at radius 2 is 1.92 bits per heavy atom. The van der Waals surface area contributed by atoms with Gasteiger partial charge in [-0.25, -0.2) is 4.39 Å². The number of carbonyl (C=O) groups is 2. The molecule has 25 heavy (non-hydrogen) atoms. The predicted molar refractivity (Wildman–Crippen MR) is 94.8 cm³/mol. The molecule has 0 saturated heterocycles. The molecule has 2 aromatic carbocycles. The third-order valence-electron chi connectivity index (χ3n) is 4.73. The second kappa shape index (κ2) is 6.31. The molecule has 2 aromatic rings. The normalized spacial score (nSPS) is 15.2. The summed E-state index contributed by atoms with van der Waals surface area (Å²) in [5.74, 6) is -0.556. The van der Waals surface area contributed by atoms with Gasteiger partial charge in [0.2, 0.25) is 11.8 Å². The van der Waals surface area contributed by atoms with Gasteiger partial charge in [-0.05, 0) is 42.7 Å². The number of rotatable bonds is 4. The van der Waals surface area contributed by atoms with E-state index in [-0.39, 0.29) is 24.1 Å². The van der Waals surface area contributed by atoms with Crippen LogP contribution in [0.25, 0.3) is 0 Å². The van der Waals surface area contributed by atoms with E-state index in [2.05, 4.69) is 5.32 Å². The van der Waals surface area contributed by atoms with Crippen molar-refractivity contribution in [1.82, 2.24) is 5.32 Å². The van der Waals surface area contributed by atoms with Crippen molar-refractivity contribution in [1.29, 1.82) is 0 Å². The third-order valence-corrected chi connectivity index (χ3v) is 4.73. The number of benzene rings is 2. The summed E-state index contributed by atoms with van der Waals surface area (Å²) in [4.78, 5) is 26.0. The van der Waals surface area contributed by atoms with Crippen LogP contribution in [0.1, 0.15) is 30.5 Å². The molecule has 0 unspecified atom stereocenters. The van der Waals surface area contributed by atoms with Gasteiger partial charge in [-0.3, -0.25) is 9.59 Å². The molecule has 1 aliphatic heterocycles. The summed E-state index contributed by atoms with van der Waals surface area (Å²) in [6.45, 7) is 4.14. The molecule has 2 amide bonds. The molecule has 0 aliphatic carbocycles. The number of fused-ring (bicyclic) bond motifs is 1. The number of hydrogen-bond donors (Lipinski definition) is 1. The summed E-state index contributed by atoms with van der Waals surface area (Å²) in [5.41, 5.74) is 2.58. The quantitative estimate of drug-likeness (QED) is 0.930. The summed E-state index contributed by atoms with van der Waals surface area (Å²) in [6, 6.07) is 12.0. The molecule has 0 aromatic heterocycles. The highest BCUT2D eigenvalue weighted by Crippen LogP contribution is 2.40. The predicted octanol–water partition coefficient (Wildman–Crippen LogP) is 2.94. The van der Waals surface area contributed by atoms with E-state index in [9.17, 15) is 14.0 Å². The number of amides is 2. The first-order valence-corrected chi connectivity index (χ1v) is 8.22. The SMILES string of the molecule is CN1C(=O)C(C)(C)c2cc(CNC(=O)Cc3ccccc3F)ccc21. The molecule has 130 valence electrons. The number of likely N-dealkylation sites (N-methyl/N-ethyl adjacent to an activating group) is 1. The van der Waals surface area contributed by atoms with Crippen LogP contribution in [0.15, 0.2) is 42.5 Å². The van der Waals surface area contributed by atoms with E-state index in [1.165, 1.54) is 6.07 Å². The van der Waals surface area contributed by atoms with Crippen LogP contribution in [-0.4, -0.2) is 18.9 Å². The van der Waals surface area contributed by atoms with Crippen LogP contribution in [0, 0.1) is 5.82 Å². The second-order valence-electron chi connectivity index (χ2n) is 6.89. The van der Waals surface area contributed by atoms with Gasteiger partial charge < -0.3 is 10.2 Å². The molecule has 0 fully saturated rings. The standard InChI is InChI=1S/C20H21FN2O2/c1-20(2)15-10-13(8-9-17(15)23(3)19(20)25)12-22-18(24)11-14-6-4-5-7-16(14)21/h4-10H,11-12H2,1-3H3,(H,22,24). The number of nitrogens with one attached hydrogen (secondary N) is 1. The first-order valence-electron chi connectivity index (χ1n) is 8.22. The van der Waals surface area contributed by atoms with Crippen LogP contribution in [0.3, 0.4) is 0 Å². The smallest absolute Gasteiger partial charge is 0.236 e. The Balaban J connectivity index is 1.69. The zero-order chi connectivity index (χ0) is 18.2. The highest BCUT2D eigenvalue weighted by Gasteiger charge is 2.42. The lowest BCUT2D eigenvalue weighted by atomic mass is 9.85. The van der Waals surface area contributed by atoms with Gasteiger partial charge in [0, 0.05) is 19.3 Å². The molecule has 1 heterocycles. The van der Waals surface area contributed by atoms with E-state index in [0.717, 1.165) is 16.8 Å². The van der Waals surface area contributed by atoms with Crippen LogP contribution in [0.2, 0.25) is 0 Å². The molecule has 0 bridgehead atoms. The average molecular weight is 340 g/mol. The summed E-state index contributed by atoms with van der Waals surface area (Å²) in [5, 5.41) is 2.81. The fraction of sp³-hybridized carbons (Fsp3) is 0.300. The summed E-state index contributed by atoms with van der Waals surface area (Å²) in [7, 11) is 1.77. The van der Waals surface area contributed by atoms with Crippen molar-refractivity contribution in [3.05, 3.63) is 65.0 Å². The van der Waals surface area contributed by atoms with Crippen LogP contribution >= 0.6 is 0 Å². The van der Waals surface area contributed by atoms with Crippen molar-refractivity contribution in [2.75, 3.05) is 11.9 Å². The number of carbonyl (C=O) groups excluding carboxylic acids is 2. The average Bonchev–Trinajstić information content (AvgIpc) is 2.76. The maximum absolute atomic E-state index is 13.6. The Labute approximate surface area is 146 Å². The lowest BCUT2D eigenvalue weighted by molar-refractivity contribution is -0.122. The Bertz CT molecular complexity index is 845. The first kappa shape index (κ1) is 17.1. The van der Waals surface area contributed by atoms with Crippen LogP contribution in [-0.2, 0) is 28.0 Å². The van der Waals surface area contributed by atoms with E-state index < -0.39 is 5.41 Å². The van der Waals surface area contributed by atoms with Gasteiger partial charge in [0.15, 0.2) is 0 Å². The zero-order valence-electron chi connectivity index (χ0n) is 14.6. The van der Waals surface area contributed by atoms with E-state index in [4.69, 9.17) is 0 Å². The molecular weight excluding hydrogens is 319 g/mol. The van der Waals surface area contributed by atoms with Gasteiger partial charge in [-0.15, -0.1) is 0 Å². The minimum atomic E-state index is -0.572. The Hall–Kier alpha value is -2.69. The van der Waals surface area contributed by atoms with Gasteiger partial charge >= 0.3 is 0 Å². The van der Waals surface area contributed by atoms with Gasteiger partial charge in [0.1, 0.15) is 5.82 Å². The van der Waals surface area contributed by atoms with Crippen molar-refractivity contribution < 1.29 is 14.0 Å². The maximum atomic E-state index is 13.6. The van der Waals surface area contributed by atoms with Crippen LogP contribution in [0.4, 0.5) is 10.1 Å². The van der Waals surface area contributed by atoms with Gasteiger partial charge in [-0.2, -0.15) is 0 Å². The summed E-state index contributed by atoms with van der Waals surface area (Å²) in [6.07, 6.45) is 0.00430. The largest absolute Gasteiger partial charge is 0.352 e.